The molecule has 0 heterocycles. The molecule has 0 spiro atoms. The molecule has 0 aliphatic heterocycles. The van der Waals surface area contributed by atoms with Gasteiger partial charge in [-0.05, 0) is 50.3 Å². The second kappa shape index (κ2) is 9.57. The smallest absolute Gasteiger partial charge is 0.208 e. The summed E-state index contributed by atoms with van der Waals surface area (Å²) in [6.45, 7) is 8.10. The van der Waals surface area contributed by atoms with Crippen molar-refractivity contribution < 1.29 is 40.9 Å². The van der Waals surface area contributed by atoms with Gasteiger partial charge in [-0.3, -0.25) is 0 Å². The Morgan fingerprint density at radius 1 is 0.844 bits per heavy atom. The van der Waals surface area contributed by atoms with Crippen molar-refractivity contribution in [3.05, 3.63) is 69.8 Å². The van der Waals surface area contributed by atoms with E-state index >= 15 is 0 Å². The highest BCUT2D eigenvalue weighted by atomic mass is 16.4. The highest BCUT2D eigenvalue weighted by Gasteiger charge is 2.26. The first kappa shape index (κ1) is 24.5. The van der Waals surface area contributed by atoms with Crippen molar-refractivity contribution >= 4 is 5.57 Å². The number of allylic oxidation sites excluding steroid dienone is 7. The van der Waals surface area contributed by atoms with Gasteiger partial charge in [0.05, 0.1) is 12.2 Å². The first-order valence-corrected chi connectivity index (χ1v) is 9.77. The van der Waals surface area contributed by atoms with E-state index in [9.17, 15) is 40.9 Å². The summed E-state index contributed by atoms with van der Waals surface area (Å²) in [5.74, 6) is -5.83. The lowest BCUT2D eigenvalue weighted by molar-refractivity contribution is 0.293. The van der Waals surface area contributed by atoms with Gasteiger partial charge in [0.25, 0.3) is 0 Å². The SMILES string of the molecule is C=C(C)\C(C)=C(O)/C(O)=C(CO)/C1=C/C/C(C)=C\CC(c2c(O)c(O)c(O)c(O)c2O)=C1. The van der Waals surface area contributed by atoms with E-state index in [4.69, 9.17) is 0 Å². The number of aromatic hydroxyl groups is 5. The Morgan fingerprint density at radius 3 is 1.88 bits per heavy atom. The van der Waals surface area contributed by atoms with E-state index in [1.807, 2.05) is 6.92 Å². The van der Waals surface area contributed by atoms with Gasteiger partial charge in [0.15, 0.2) is 23.0 Å². The minimum absolute atomic E-state index is 0.0264. The lowest BCUT2D eigenvalue weighted by Gasteiger charge is -2.18. The monoisotopic (exact) mass is 444 g/mol. The van der Waals surface area contributed by atoms with Crippen molar-refractivity contribution in [2.24, 2.45) is 0 Å². The molecule has 1 aliphatic carbocycles. The zero-order chi connectivity index (χ0) is 24.3. The van der Waals surface area contributed by atoms with Gasteiger partial charge in [-0.2, -0.15) is 0 Å². The van der Waals surface area contributed by atoms with Gasteiger partial charge in [0, 0.05) is 5.57 Å². The van der Waals surface area contributed by atoms with Gasteiger partial charge in [-0.1, -0.05) is 36.0 Å². The molecule has 0 atom stereocenters. The van der Waals surface area contributed by atoms with Crippen molar-refractivity contribution in [3.8, 4) is 28.7 Å². The van der Waals surface area contributed by atoms with Crippen LogP contribution in [0.3, 0.4) is 0 Å². The molecule has 0 unspecified atom stereocenters. The molecule has 32 heavy (non-hydrogen) atoms. The fourth-order valence-corrected chi connectivity index (χ4v) is 3.14. The summed E-state index contributed by atoms with van der Waals surface area (Å²) < 4.78 is 0. The predicted molar refractivity (Wildman–Crippen MR) is 121 cm³/mol. The lowest BCUT2D eigenvalue weighted by atomic mass is 9.90. The van der Waals surface area contributed by atoms with E-state index in [1.54, 1.807) is 26.0 Å². The number of phenolic OH excluding ortho intramolecular Hbond substituents is 5. The fourth-order valence-electron chi connectivity index (χ4n) is 3.14. The van der Waals surface area contributed by atoms with Crippen LogP contribution >= 0.6 is 0 Å². The molecular formula is C24H28O8. The van der Waals surface area contributed by atoms with E-state index in [0.717, 1.165) is 5.57 Å². The molecule has 1 aliphatic rings. The molecule has 0 aromatic heterocycles. The Kier molecular flexibility index (Phi) is 7.32. The van der Waals surface area contributed by atoms with Gasteiger partial charge in [0.1, 0.15) is 0 Å². The molecule has 0 radical (unpaired) electrons. The molecule has 1 aromatic carbocycles. The Morgan fingerprint density at radius 2 is 1.38 bits per heavy atom. The average Bonchev–Trinajstić information content (AvgIpc) is 2.75. The largest absolute Gasteiger partial charge is 0.504 e. The fraction of sp³-hybridized carbons (Fsp3) is 0.250. The highest BCUT2D eigenvalue weighted by Crippen LogP contribution is 2.53. The quantitative estimate of drug-likeness (QED) is 0.108. The van der Waals surface area contributed by atoms with Gasteiger partial charge in [-0.25, -0.2) is 0 Å². The maximum atomic E-state index is 10.6. The molecule has 0 fully saturated rings. The Balaban J connectivity index is 2.83. The number of aliphatic hydroxyl groups is 3. The molecule has 8 heteroatoms. The minimum Gasteiger partial charge on any atom is -0.504 e. The molecule has 2 rings (SSSR count). The van der Waals surface area contributed by atoms with Gasteiger partial charge >= 0.3 is 0 Å². The summed E-state index contributed by atoms with van der Waals surface area (Å²) in [7, 11) is 0. The average molecular weight is 444 g/mol. The molecule has 8 nitrogen and oxygen atoms in total. The van der Waals surface area contributed by atoms with Crippen LogP contribution in [0, 0.1) is 0 Å². The second-order valence-electron chi connectivity index (χ2n) is 7.65. The van der Waals surface area contributed by atoms with E-state index in [-0.39, 0.29) is 28.7 Å². The molecule has 0 bridgehead atoms. The topological polar surface area (TPSA) is 162 Å². The molecule has 0 saturated carbocycles. The van der Waals surface area contributed by atoms with E-state index in [2.05, 4.69) is 6.58 Å². The number of hydrogen-bond donors (Lipinski definition) is 8. The maximum absolute atomic E-state index is 10.6. The van der Waals surface area contributed by atoms with Crippen LogP contribution in [0.25, 0.3) is 5.57 Å². The normalized spacial score (nSPS) is 19.3. The molecule has 172 valence electrons. The van der Waals surface area contributed by atoms with Crippen LogP contribution in [0.15, 0.2) is 64.2 Å². The summed E-state index contributed by atoms with van der Waals surface area (Å²) in [6.07, 6.45) is 5.48. The molecule has 8 N–H and O–H groups in total. The molecule has 0 amide bonds. The first-order valence-electron chi connectivity index (χ1n) is 9.77. The molecule has 1 aromatic rings. The van der Waals surface area contributed by atoms with E-state index < -0.39 is 46.9 Å². The van der Waals surface area contributed by atoms with Gasteiger partial charge in [0.2, 0.25) is 17.2 Å². The van der Waals surface area contributed by atoms with Crippen molar-refractivity contribution in [2.75, 3.05) is 6.61 Å². The number of aliphatic hydroxyl groups excluding tert-OH is 3. The summed E-state index contributed by atoms with van der Waals surface area (Å²) in [5, 5.41) is 81.2. The van der Waals surface area contributed by atoms with Crippen molar-refractivity contribution in [1.82, 2.24) is 0 Å². The van der Waals surface area contributed by atoms with Gasteiger partial charge in [-0.15, -0.1) is 0 Å². The summed E-state index contributed by atoms with van der Waals surface area (Å²) in [5.41, 5.74) is 1.84. The summed E-state index contributed by atoms with van der Waals surface area (Å²) in [4.78, 5) is 0. The number of hydrogen-bond acceptors (Lipinski definition) is 8. The highest BCUT2D eigenvalue weighted by molar-refractivity contribution is 5.84. The zero-order valence-electron chi connectivity index (χ0n) is 18.1. The lowest BCUT2D eigenvalue weighted by Crippen LogP contribution is -2.05. The van der Waals surface area contributed by atoms with E-state index in [1.165, 1.54) is 6.08 Å². The first-order chi connectivity index (χ1) is 14.9. The third kappa shape index (κ3) is 4.60. The number of benzene rings is 1. The van der Waals surface area contributed by atoms with Gasteiger partial charge < -0.3 is 40.9 Å². The third-order valence-corrected chi connectivity index (χ3v) is 5.35. The summed E-state index contributed by atoms with van der Waals surface area (Å²) in [6, 6.07) is 0. The number of phenols is 5. The Hall–Kier alpha value is -3.78. The van der Waals surface area contributed by atoms with Crippen LogP contribution in [0.2, 0.25) is 0 Å². The molecular weight excluding hydrogens is 416 g/mol. The van der Waals surface area contributed by atoms with Crippen molar-refractivity contribution in [1.29, 1.82) is 0 Å². The van der Waals surface area contributed by atoms with Crippen LogP contribution in [-0.2, 0) is 0 Å². The van der Waals surface area contributed by atoms with Crippen LogP contribution in [-0.4, -0.2) is 47.5 Å². The standard InChI is InChI=1S/C24H28O8/c1-11(2)13(4)18(26)19(27)16(10-25)14-7-5-12(3)6-8-15(9-14)17-20(28)22(30)24(32)23(31)21(17)29/h6-7,9,25-32H,1,5,8,10H2,2-4H3/b12-6-,14-7+,15-9?,18-13+,19-16-. The molecule has 0 saturated heterocycles. The van der Waals surface area contributed by atoms with E-state index in [0.29, 0.717) is 17.6 Å². The van der Waals surface area contributed by atoms with Crippen LogP contribution in [0.4, 0.5) is 0 Å². The minimum atomic E-state index is -1.07. The number of rotatable bonds is 5. The predicted octanol–water partition coefficient (Wildman–Crippen LogP) is 4.48. The Bertz CT molecular complexity index is 1080. The maximum Gasteiger partial charge on any atom is 0.208 e. The second-order valence-corrected chi connectivity index (χ2v) is 7.65. The Labute approximate surface area is 185 Å². The third-order valence-electron chi connectivity index (χ3n) is 5.35. The zero-order valence-corrected chi connectivity index (χ0v) is 18.1. The van der Waals surface area contributed by atoms with Crippen LogP contribution < -0.4 is 0 Å². The summed E-state index contributed by atoms with van der Waals surface area (Å²) >= 11 is 0. The van der Waals surface area contributed by atoms with Crippen LogP contribution in [0.1, 0.15) is 39.2 Å². The van der Waals surface area contributed by atoms with Crippen molar-refractivity contribution in [2.45, 2.75) is 33.6 Å². The van der Waals surface area contributed by atoms with Crippen LogP contribution in [0.5, 0.6) is 28.7 Å². The van der Waals surface area contributed by atoms with Crippen molar-refractivity contribution in [3.63, 3.8) is 0 Å².